The van der Waals surface area contributed by atoms with Gasteiger partial charge in [0.15, 0.2) is 0 Å². The molecule has 2 unspecified atom stereocenters. The second-order valence-electron chi connectivity index (χ2n) is 4.17. The average Bonchev–Trinajstić information content (AvgIpc) is 2.24. The highest BCUT2D eigenvalue weighted by Gasteiger charge is 2.13. The quantitative estimate of drug-likeness (QED) is 0.828. The van der Waals surface area contributed by atoms with Crippen LogP contribution in [0.15, 0.2) is 18.2 Å². The van der Waals surface area contributed by atoms with E-state index in [1.165, 1.54) is 12.1 Å². The summed E-state index contributed by atoms with van der Waals surface area (Å²) < 4.78 is 31.4. The van der Waals surface area contributed by atoms with E-state index in [1.54, 1.807) is 0 Å². The number of halogens is 2. The lowest BCUT2D eigenvalue weighted by atomic mass is 10.2. The zero-order chi connectivity index (χ0) is 12.8. The van der Waals surface area contributed by atoms with Gasteiger partial charge in [0.05, 0.1) is 0 Å². The van der Waals surface area contributed by atoms with Crippen molar-refractivity contribution < 1.29 is 13.5 Å². The van der Waals surface area contributed by atoms with Crippen molar-refractivity contribution in [2.75, 3.05) is 6.54 Å². The lowest BCUT2D eigenvalue weighted by Crippen LogP contribution is -2.39. The number of ether oxygens (including phenoxy) is 1. The van der Waals surface area contributed by atoms with Crippen LogP contribution in [0.4, 0.5) is 8.78 Å². The van der Waals surface area contributed by atoms with E-state index in [4.69, 9.17) is 4.74 Å². The van der Waals surface area contributed by atoms with Gasteiger partial charge in [0, 0.05) is 24.2 Å². The third kappa shape index (κ3) is 4.69. The van der Waals surface area contributed by atoms with Crippen molar-refractivity contribution in [3.8, 4) is 5.75 Å². The minimum Gasteiger partial charge on any atom is -0.489 e. The normalized spacial score (nSPS) is 14.4. The van der Waals surface area contributed by atoms with E-state index in [-0.39, 0.29) is 17.9 Å². The Hall–Kier alpha value is -1.16. The lowest BCUT2D eigenvalue weighted by Gasteiger charge is -2.22. The fourth-order valence-electron chi connectivity index (χ4n) is 1.45. The molecule has 0 saturated heterocycles. The van der Waals surface area contributed by atoms with Gasteiger partial charge in [0.25, 0.3) is 0 Å². The van der Waals surface area contributed by atoms with E-state index < -0.39 is 11.6 Å². The molecule has 0 aliphatic heterocycles. The third-order valence-electron chi connectivity index (χ3n) is 2.58. The van der Waals surface area contributed by atoms with Crippen LogP contribution in [0.3, 0.4) is 0 Å². The minimum atomic E-state index is -0.624. The Labute approximate surface area is 101 Å². The van der Waals surface area contributed by atoms with Gasteiger partial charge < -0.3 is 10.1 Å². The number of rotatable bonds is 6. The summed E-state index contributed by atoms with van der Waals surface area (Å²) in [6, 6.07) is 3.33. The molecule has 0 heterocycles. The van der Waals surface area contributed by atoms with Crippen LogP contribution in [0.1, 0.15) is 27.2 Å². The van der Waals surface area contributed by atoms with Crippen molar-refractivity contribution in [2.45, 2.75) is 39.3 Å². The zero-order valence-electron chi connectivity index (χ0n) is 10.5. The predicted octanol–water partition coefficient (Wildman–Crippen LogP) is 3.12. The maximum Gasteiger partial charge on any atom is 0.129 e. The Morgan fingerprint density at radius 2 is 1.76 bits per heavy atom. The van der Waals surface area contributed by atoms with Crippen LogP contribution in [0, 0.1) is 11.6 Å². The van der Waals surface area contributed by atoms with Crippen LogP contribution in [0.2, 0.25) is 0 Å². The Bertz CT molecular complexity index is 337. The molecule has 0 amide bonds. The molecular weight excluding hydrogens is 224 g/mol. The monoisotopic (exact) mass is 243 g/mol. The van der Waals surface area contributed by atoms with E-state index in [2.05, 4.69) is 12.2 Å². The van der Waals surface area contributed by atoms with Crippen LogP contribution < -0.4 is 10.1 Å². The molecule has 1 aromatic carbocycles. The second-order valence-corrected chi connectivity index (χ2v) is 4.17. The SMILES string of the molecule is CCCNC(C)C(C)Oc1cc(F)cc(F)c1. The topological polar surface area (TPSA) is 21.3 Å². The molecule has 1 N–H and O–H groups in total. The molecule has 0 aromatic heterocycles. The Morgan fingerprint density at radius 3 is 2.29 bits per heavy atom. The van der Waals surface area contributed by atoms with Gasteiger partial charge >= 0.3 is 0 Å². The first-order valence-electron chi connectivity index (χ1n) is 5.89. The Morgan fingerprint density at radius 1 is 1.18 bits per heavy atom. The minimum absolute atomic E-state index is 0.126. The standard InChI is InChI=1S/C13H19F2NO/c1-4-5-16-9(2)10(3)17-13-7-11(14)6-12(15)8-13/h6-10,16H,4-5H2,1-3H3. The molecule has 0 aliphatic rings. The number of nitrogens with one attached hydrogen (secondary N) is 1. The molecule has 2 atom stereocenters. The largest absolute Gasteiger partial charge is 0.489 e. The molecule has 1 aromatic rings. The molecule has 2 nitrogen and oxygen atoms in total. The van der Waals surface area contributed by atoms with Crippen molar-refractivity contribution in [3.63, 3.8) is 0 Å². The summed E-state index contributed by atoms with van der Waals surface area (Å²) in [6.45, 7) is 6.83. The molecule has 1 rings (SSSR count). The maximum absolute atomic E-state index is 12.9. The molecule has 0 aliphatic carbocycles. The molecule has 0 fully saturated rings. The number of benzene rings is 1. The average molecular weight is 243 g/mol. The van der Waals surface area contributed by atoms with Crippen molar-refractivity contribution >= 4 is 0 Å². The second kappa shape index (κ2) is 6.55. The first kappa shape index (κ1) is 13.9. The molecule has 0 saturated carbocycles. The number of hydrogen-bond acceptors (Lipinski definition) is 2. The predicted molar refractivity (Wildman–Crippen MR) is 64.2 cm³/mol. The smallest absolute Gasteiger partial charge is 0.129 e. The van der Waals surface area contributed by atoms with Gasteiger partial charge in [-0.15, -0.1) is 0 Å². The van der Waals surface area contributed by atoms with E-state index in [0.717, 1.165) is 19.0 Å². The molecule has 17 heavy (non-hydrogen) atoms. The maximum atomic E-state index is 12.9. The first-order valence-corrected chi connectivity index (χ1v) is 5.89. The lowest BCUT2D eigenvalue weighted by molar-refractivity contribution is 0.177. The van der Waals surface area contributed by atoms with E-state index >= 15 is 0 Å². The van der Waals surface area contributed by atoms with E-state index in [9.17, 15) is 8.78 Å². The fraction of sp³-hybridized carbons (Fsp3) is 0.538. The summed E-state index contributed by atoms with van der Waals surface area (Å²) in [5.41, 5.74) is 0. The Balaban J connectivity index is 2.57. The van der Waals surface area contributed by atoms with Crippen LogP contribution in [0.25, 0.3) is 0 Å². The van der Waals surface area contributed by atoms with Crippen molar-refractivity contribution in [1.29, 1.82) is 0 Å². The molecule has 0 bridgehead atoms. The molecule has 0 radical (unpaired) electrons. The zero-order valence-corrected chi connectivity index (χ0v) is 10.5. The summed E-state index contributed by atoms with van der Waals surface area (Å²) in [5.74, 6) is -1.03. The summed E-state index contributed by atoms with van der Waals surface area (Å²) in [4.78, 5) is 0. The highest BCUT2D eigenvalue weighted by atomic mass is 19.1. The number of hydrogen-bond donors (Lipinski definition) is 1. The van der Waals surface area contributed by atoms with Crippen molar-refractivity contribution in [1.82, 2.24) is 5.32 Å². The Kier molecular flexibility index (Phi) is 5.35. The van der Waals surface area contributed by atoms with Crippen LogP contribution >= 0.6 is 0 Å². The van der Waals surface area contributed by atoms with Crippen molar-refractivity contribution in [3.05, 3.63) is 29.8 Å². The summed E-state index contributed by atoms with van der Waals surface area (Å²) in [7, 11) is 0. The first-order chi connectivity index (χ1) is 8.02. The van der Waals surface area contributed by atoms with Gasteiger partial charge in [-0.25, -0.2) is 8.78 Å². The third-order valence-corrected chi connectivity index (χ3v) is 2.58. The van der Waals surface area contributed by atoms with Crippen LogP contribution in [0.5, 0.6) is 5.75 Å². The summed E-state index contributed by atoms with van der Waals surface area (Å²) in [5, 5.41) is 3.27. The van der Waals surface area contributed by atoms with Gasteiger partial charge in [-0.1, -0.05) is 6.92 Å². The fourth-order valence-corrected chi connectivity index (χ4v) is 1.45. The highest BCUT2D eigenvalue weighted by Crippen LogP contribution is 2.17. The van der Waals surface area contributed by atoms with Crippen LogP contribution in [-0.2, 0) is 0 Å². The molecule has 4 heteroatoms. The van der Waals surface area contributed by atoms with E-state index in [1.807, 2.05) is 13.8 Å². The van der Waals surface area contributed by atoms with Gasteiger partial charge in [0.1, 0.15) is 23.5 Å². The van der Waals surface area contributed by atoms with Gasteiger partial charge in [-0.3, -0.25) is 0 Å². The van der Waals surface area contributed by atoms with Crippen LogP contribution in [-0.4, -0.2) is 18.7 Å². The van der Waals surface area contributed by atoms with Gasteiger partial charge in [-0.2, -0.15) is 0 Å². The molecule has 96 valence electrons. The van der Waals surface area contributed by atoms with Gasteiger partial charge in [0.2, 0.25) is 0 Å². The van der Waals surface area contributed by atoms with Crippen molar-refractivity contribution in [2.24, 2.45) is 0 Å². The highest BCUT2D eigenvalue weighted by molar-refractivity contribution is 5.24. The van der Waals surface area contributed by atoms with E-state index in [0.29, 0.717) is 0 Å². The summed E-state index contributed by atoms with van der Waals surface area (Å²) >= 11 is 0. The molecular formula is C13H19F2NO. The molecule has 0 spiro atoms. The summed E-state index contributed by atoms with van der Waals surface area (Å²) in [6.07, 6.45) is 0.883. The van der Waals surface area contributed by atoms with Gasteiger partial charge in [-0.05, 0) is 26.8 Å².